The van der Waals surface area contributed by atoms with Crippen LogP contribution in [0.4, 0.5) is 0 Å². The number of hydrogen-bond acceptors (Lipinski definition) is 3. The van der Waals surface area contributed by atoms with Gasteiger partial charge in [-0.15, -0.1) is 10.3 Å². The highest BCUT2D eigenvalue weighted by atomic mass is 16.6. The molecule has 9 unspecified atom stereocenters. The highest BCUT2D eigenvalue weighted by Crippen LogP contribution is 2.67. The van der Waals surface area contributed by atoms with Gasteiger partial charge in [-0.2, -0.15) is 0 Å². The Kier molecular flexibility index (Phi) is 6.36. The predicted octanol–water partition coefficient (Wildman–Crippen LogP) is 6.91. The van der Waals surface area contributed by atoms with Gasteiger partial charge in [0.05, 0.1) is 18.2 Å². The first-order valence-corrected chi connectivity index (χ1v) is 14.4. The summed E-state index contributed by atoms with van der Waals surface area (Å²) < 4.78 is 5.99. The van der Waals surface area contributed by atoms with Crippen LogP contribution in [0.5, 0.6) is 0 Å². The maximum Gasteiger partial charge on any atom is 0.144 e. The summed E-state index contributed by atoms with van der Waals surface area (Å²) in [6.45, 7) is 14.2. The van der Waals surface area contributed by atoms with E-state index in [0.29, 0.717) is 23.4 Å². The molecule has 3 saturated carbocycles. The summed E-state index contributed by atoms with van der Waals surface area (Å²) in [4.78, 5) is 0. The van der Waals surface area contributed by atoms with Crippen molar-refractivity contribution >= 4 is 0 Å². The minimum Gasteiger partial charge on any atom is -0.393 e. The SMILES string of the molecule is CC(CCCC1(C)OCC(C)(C)N1[O])C1CCC2C3CC=C4CC(O)CCC4(C)C3CCC12C. The minimum atomic E-state index is -0.654. The van der Waals surface area contributed by atoms with E-state index >= 15 is 0 Å². The van der Waals surface area contributed by atoms with E-state index in [2.05, 4.69) is 26.8 Å². The smallest absolute Gasteiger partial charge is 0.144 e. The zero-order valence-corrected chi connectivity index (χ0v) is 22.7. The molecule has 5 rings (SSSR count). The monoisotopic (exact) mass is 472 g/mol. The molecule has 1 aliphatic heterocycles. The van der Waals surface area contributed by atoms with Gasteiger partial charge in [0.2, 0.25) is 0 Å². The molecule has 4 nitrogen and oxygen atoms in total. The average molecular weight is 473 g/mol. The van der Waals surface area contributed by atoms with Crippen molar-refractivity contribution in [3.63, 3.8) is 0 Å². The fourth-order valence-corrected chi connectivity index (χ4v) is 9.83. The average Bonchev–Trinajstić information content (AvgIpc) is 3.24. The maximum atomic E-state index is 12.8. The topological polar surface area (TPSA) is 52.6 Å². The summed E-state index contributed by atoms with van der Waals surface area (Å²) in [5.74, 6) is 4.02. The molecular formula is C30H50NO3. The summed E-state index contributed by atoms with van der Waals surface area (Å²) >= 11 is 0. The van der Waals surface area contributed by atoms with E-state index in [1.165, 1.54) is 50.0 Å². The Bertz CT molecular complexity index is 809. The standard InChI is InChI=1S/C30H50NO3/c1-20(8-7-15-30(6)31(33)27(2,3)19-34-30)24-11-12-25-23-10-9-21-18-22(32)13-16-28(21,4)26(23)14-17-29(24,25)5/h9,20,22-26,32H,7-8,10-19H2,1-6H3. The van der Waals surface area contributed by atoms with Crippen molar-refractivity contribution in [2.45, 2.75) is 130 Å². The quantitative estimate of drug-likeness (QED) is 0.443. The molecule has 0 spiro atoms. The molecule has 9 atom stereocenters. The van der Waals surface area contributed by atoms with Gasteiger partial charge in [0.1, 0.15) is 5.72 Å². The van der Waals surface area contributed by atoms with Crippen molar-refractivity contribution in [2.24, 2.45) is 40.4 Å². The molecule has 1 N–H and O–H groups in total. The van der Waals surface area contributed by atoms with Gasteiger partial charge in [-0.3, -0.25) is 0 Å². The molecule has 0 amide bonds. The third kappa shape index (κ3) is 3.85. The molecule has 4 heteroatoms. The lowest BCUT2D eigenvalue weighted by molar-refractivity contribution is -0.286. The highest BCUT2D eigenvalue weighted by molar-refractivity contribution is 5.25. The Morgan fingerprint density at radius 3 is 2.56 bits per heavy atom. The van der Waals surface area contributed by atoms with Crippen molar-refractivity contribution in [3.05, 3.63) is 11.6 Å². The van der Waals surface area contributed by atoms with E-state index in [1.54, 1.807) is 5.57 Å². The van der Waals surface area contributed by atoms with E-state index in [1.807, 2.05) is 20.8 Å². The summed E-state index contributed by atoms with van der Waals surface area (Å²) in [6.07, 6.45) is 15.4. The largest absolute Gasteiger partial charge is 0.393 e. The molecule has 34 heavy (non-hydrogen) atoms. The van der Waals surface area contributed by atoms with Crippen LogP contribution in [-0.2, 0) is 9.94 Å². The minimum absolute atomic E-state index is 0.113. The molecule has 1 radical (unpaired) electrons. The number of aliphatic hydroxyl groups excluding tert-OH is 1. The van der Waals surface area contributed by atoms with Crippen LogP contribution in [0.2, 0.25) is 0 Å². The number of allylic oxidation sites excluding steroid dienone is 1. The Morgan fingerprint density at radius 2 is 1.85 bits per heavy atom. The lowest BCUT2D eigenvalue weighted by Crippen LogP contribution is -2.50. The van der Waals surface area contributed by atoms with Crippen LogP contribution >= 0.6 is 0 Å². The first kappa shape index (κ1) is 25.2. The number of nitrogens with zero attached hydrogens (tertiary/aromatic N) is 1. The molecule has 0 aromatic carbocycles. The number of hydroxylamine groups is 2. The number of aliphatic hydroxyl groups is 1. The molecule has 0 bridgehead atoms. The van der Waals surface area contributed by atoms with Gasteiger partial charge >= 0.3 is 0 Å². The van der Waals surface area contributed by atoms with Gasteiger partial charge < -0.3 is 9.84 Å². The van der Waals surface area contributed by atoms with Gasteiger partial charge in [-0.1, -0.05) is 38.8 Å². The van der Waals surface area contributed by atoms with E-state index in [-0.39, 0.29) is 6.10 Å². The van der Waals surface area contributed by atoms with E-state index in [0.717, 1.165) is 49.4 Å². The molecule has 5 aliphatic rings. The third-order valence-electron chi connectivity index (χ3n) is 11.9. The number of ether oxygens (including phenoxy) is 1. The fourth-order valence-electron chi connectivity index (χ4n) is 9.83. The zero-order valence-electron chi connectivity index (χ0n) is 22.7. The molecular weight excluding hydrogens is 422 g/mol. The summed E-state index contributed by atoms with van der Waals surface area (Å²) in [6, 6.07) is 0. The number of fused-ring (bicyclic) bond motifs is 5. The van der Waals surface area contributed by atoms with Gasteiger partial charge in [0.25, 0.3) is 0 Å². The number of hydrogen-bond donors (Lipinski definition) is 1. The number of rotatable bonds is 5. The van der Waals surface area contributed by atoms with Crippen LogP contribution in [0.25, 0.3) is 0 Å². The Hall–Kier alpha value is -0.420. The van der Waals surface area contributed by atoms with Crippen molar-refractivity contribution in [2.75, 3.05) is 6.61 Å². The Labute approximate surface area is 208 Å². The summed E-state index contributed by atoms with van der Waals surface area (Å²) in [5.41, 5.74) is 1.32. The maximum absolute atomic E-state index is 12.8. The molecule has 193 valence electrons. The molecule has 4 fully saturated rings. The van der Waals surface area contributed by atoms with Crippen molar-refractivity contribution in [1.29, 1.82) is 0 Å². The lowest BCUT2D eigenvalue weighted by Gasteiger charge is -2.58. The molecule has 1 heterocycles. The third-order valence-corrected chi connectivity index (χ3v) is 11.9. The second kappa shape index (κ2) is 8.57. The Balaban J connectivity index is 1.23. The van der Waals surface area contributed by atoms with Gasteiger partial charge in [0, 0.05) is 0 Å². The van der Waals surface area contributed by atoms with Crippen molar-refractivity contribution in [3.8, 4) is 0 Å². The van der Waals surface area contributed by atoms with E-state index in [4.69, 9.17) is 4.74 Å². The van der Waals surface area contributed by atoms with Crippen LogP contribution in [0.15, 0.2) is 11.6 Å². The highest BCUT2D eigenvalue weighted by Gasteiger charge is 2.59. The van der Waals surface area contributed by atoms with Crippen LogP contribution in [0, 0.1) is 40.4 Å². The van der Waals surface area contributed by atoms with Gasteiger partial charge in [-0.05, 0) is 125 Å². The second-order valence-electron chi connectivity index (χ2n) is 14.3. The van der Waals surface area contributed by atoms with Crippen molar-refractivity contribution < 1.29 is 15.1 Å². The van der Waals surface area contributed by atoms with Gasteiger partial charge in [0.15, 0.2) is 0 Å². The van der Waals surface area contributed by atoms with Crippen LogP contribution < -0.4 is 0 Å². The first-order chi connectivity index (χ1) is 15.9. The lowest BCUT2D eigenvalue weighted by atomic mass is 9.47. The zero-order chi connectivity index (χ0) is 24.5. The van der Waals surface area contributed by atoms with Crippen LogP contribution in [0.1, 0.15) is 112 Å². The summed E-state index contributed by atoms with van der Waals surface area (Å²) in [5, 5.41) is 24.3. The first-order valence-electron chi connectivity index (χ1n) is 14.4. The molecule has 0 aromatic heterocycles. The normalized spacial score (nSPS) is 49.2. The molecule has 0 aromatic rings. The van der Waals surface area contributed by atoms with E-state index in [9.17, 15) is 10.3 Å². The van der Waals surface area contributed by atoms with Crippen molar-refractivity contribution in [1.82, 2.24) is 5.06 Å². The summed E-state index contributed by atoms with van der Waals surface area (Å²) in [7, 11) is 0. The predicted molar refractivity (Wildman–Crippen MR) is 135 cm³/mol. The molecule has 4 aliphatic carbocycles. The molecule has 1 saturated heterocycles. The second-order valence-corrected chi connectivity index (χ2v) is 14.3. The fraction of sp³-hybridized carbons (Fsp3) is 0.933. The Morgan fingerprint density at radius 1 is 1.09 bits per heavy atom. The van der Waals surface area contributed by atoms with Crippen LogP contribution in [-0.4, -0.2) is 34.1 Å². The van der Waals surface area contributed by atoms with E-state index < -0.39 is 11.3 Å². The van der Waals surface area contributed by atoms with Crippen LogP contribution in [0.3, 0.4) is 0 Å². The van der Waals surface area contributed by atoms with Gasteiger partial charge in [-0.25, -0.2) is 0 Å².